The molecule has 10 heteroatoms. The van der Waals surface area contributed by atoms with Crippen molar-refractivity contribution in [3.8, 4) is 0 Å². The number of amides is 1. The van der Waals surface area contributed by atoms with Crippen LogP contribution in [0.4, 0.5) is 0 Å². The zero-order valence-corrected chi connectivity index (χ0v) is 54.7. The first-order valence-electron chi connectivity index (χ1n) is 34.5. The first-order chi connectivity index (χ1) is 38.9. The Balaban J connectivity index is 4.98. The maximum Gasteiger partial charge on any atom is 0.306 e. The zero-order chi connectivity index (χ0) is 58.6. The van der Waals surface area contributed by atoms with Gasteiger partial charge in [0.05, 0.1) is 33.8 Å². The summed E-state index contributed by atoms with van der Waals surface area (Å²) in [5.41, 5.74) is 0. The molecule has 3 atom stereocenters. The highest BCUT2D eigenvalue weighted by Crippen LogP contribution is 2.38. The lowest BCUT2D eigenvalue weighted by Gasteiger charge is -2.30. The van der Waals surface area contributed by atoms with E-state index in [1.54, 1.807) is 0 Å². The minimum absolute atomic E-state index is 0.0238. The van der Waals surface area contributed by atoms with Gasteiger partial charge in [0.15, 0.2) is 0 Å². The number of carbonyl (C=O) groups excluding carboxylic acids is 2. The minimum Gasteiger partial charge on any atom is -0.756 e. The highest BCUT2D eigenvalue weighted by atomic mass is 31.2. The average Bonchev–Trinajstić information content (AvgIpc) is 3.42. The van der Waals surface area contributed by atoms with Crippen molar-refractivity contribution < 1.29 is 37.3 Å². The Labute approximate surface area is 497 Å². The largest absolute Gasteiger partial charge is 0.756 e. The van der Waals surface area contributed by atoms with Crippen LogP contribution in [0.5, 0.6) is 0 Å². The summed E-state index contributed by atoms with van der Waals surface area (Å²) in [5.74, 6) is -0.541. The van der Waals surface area contributed by atoms with Gasteiger partial charge in [-0.15, -0.1) is 0 Å². The number of rotatable bonds is 63. The van der Waals surface area contributed by atoms with Gasteiger partial charge in [0, 0.05) is 12.8 Å². The molecule has 0 aliphatic carbocycles. The summed E-state index contributed by atoms with van der Waals surface area (Å²) < 4.78 is 30.4. The molecule has 0 rings (SSSR count). The van der Waals surface area contributed by atoms with E-state index in [0.717, 1.165) is 77.0 Å². The third-order valence-corrected chi connectivity index (χ3v) is 16.5. The van der Waals surface area contributed by atoms with Crippen LogP contribution in [0.1, 0.15) is 335 Å². The van der Waals surface area contributed by atoms with Crippen molar-refractivity contribution in [3.05, 3.63) is 48.6 Å². The molecule has 0 heterocycles. The zero-order valence-electron chi connectivity index (χ0n) is 53.8. The van der Waals surface area contributed by atoms with E-state index >= 15 is 0 Å². The predicted molar refractivity (Wildman–Crippen MR) is 344 cm³/mol. The van der Waals surface area contributed by atoms with E-state index in [9.17, 15) is 19.0 Å². The fourth-order valence-corrected chi connectivity index (χ4v) is 11.0. The van der Waals surface area contributed by atoms with Crippen LogP contribution < -0.4 is 10.2 Å². The summed E-state index contributed by atoms with van der Waals surface area (Å²) >= 11 is 0. The lowest BCUT2D eigenvalue weighted by molar-refractivity contribution is -0.870. The Kier molecular flexibility index (Phi) is 58.6. The molecule has 0 aromatic heterocycles. The van der Waals surface area contributed by atoms with Gasteiger partial charge in [0.2, 0.25) is 5.91 Å². The van der Waals surface area contributed by atoms with Gasteiger partial charge in [0.1, 0.15) is 19.3 Å². The number of phosphoric acid groups is 1. The minimum atomic E-state index is -4.70. The summed E-state index contributed by atoms with van der Waals surface area (Å²) in [5, 5.41) is 3.03. The molecule has 9 nitrogen and oxygen atoms in total. The van der Waals surface area contributed by atoms with Crippen LogP contribution >= 0.6 is 7.82 Å². The van der Waals surface area contributed by atoms with Crippen LogP contribution in [0.3, 0.4) is 0 Å². The van der Waals surface area contributed by atoms with Crippen molar-refractivity contribution in [1.29, 1.82) is 0 Å². The third kappa shape index (κ3) is 60.6. The second-order valence-electron chi connectivity index (χ2n) is 24.7. The molecule has 0 fully saturated rings. The van der Waals surface area contributed by atoms with Gasteiger partial charge in [-0.2, -0.15) is 0 Å². The Hall–Kier alpha value is -2.03. The van der Waals surface area contributed by atoms with E-state index in [-0.39, 0.29) is 24.9 Å². The highest BCUT2D eigenvalue weighted by molar-refractivity contribution is 7.45. The van der Waals surface area contributed by atoms with Gasteiger partial charge in [-0.3, -0.25) is 14.2 Å². The highest BCUT2D eigenvalue weighted by Gasteiger charge is 2.27. The smallest absolute Gasteiger partial charge is 0.306 e. The van der Waals surface area contributed by atoms with E-state index in [2.05, 4.69) is 62.5 Å². The summed E-state index contributed by atoms with van der Waals surface area (Å²) in [7, 11) is 1.19. The third-order valence-electron chi connectivity index (χ3n) is 15.6. The molecule has 0 saturated heterocycles. The van der Waals surface area contributed by atoms with Crippen molar-refractivity contribution in [3.63, 3.8) is 0 Å². The molecule has 0 bridgehead atoms. The van der Waals surface area contributed by atoms with Crippen LogP contribution in [-0.2, 0) is 27.9 Å². The lowest BCUT2D eigenvalue weighted by Crippen LogP contribution is -2.47. The van der Waals surface area contributed by atoms with E-state index in [1.165, 1.54) is 225 Å². The maximum atomic E-state index is 13.5. The fraction of sp³-hybridized carbons (Fsp3) is 0.857. The Morgan fingerprint density at radius 2 is 0.800 bits per heavy atom. The molecular weight excluding hydrogens is 1010 g/mol. The summed E-state index contributed by atoms with van der Waals surface area (Å²) in [4.78, 5) is 40.1. The molecule has 0 spiro atoms. The number of ether oxygens (including phenoxy) is 1. The molecule has 0 aliphatic heterocycles. The number of hydrogen-bond donors (Lipinski definition) is 1. The molecule has 0 aliphatic rings. The number of allylic oxidation sites excluding steroid dienone is 7. The molecule has 470 valence electrons. The summed E-state index contributed by atoms with van der Waals surface area (Å²) in [6.45, 7) is 6.75. The van der Waals surface area contributed by atoms with E-state index < -0.39 is 26.6 Å². The molecule has 0 radical (unpaired) electrons. The second kappa shape index (κ2) is 60.1. The number of quaternary nitrogens is 1. The van der Waals surface area contributed by atoms with Gasteiger partial charge in [-0.25, -0.2) is 0 Å². The molecule has 0 aromatic rings. The van der Waals surface area contributed by atoms with Crippen molar-refractivity contribution in [2.45, 2.75) is 348 Å². The number of nitrogens with one attached hydrogen (secondary N) is 1. The molecule has 1 amide bonds. The van der Waals surface area contributed by atoms with E-state index in [4.69, 9.17) is 13.8 Å². The predicted octanol–water partition coefficient (Wildman–Crippen LogP) is 21.0. The van der Waals surface area contributed by atoms with Crippen LogP contribution in [0.15, 0.2) is 48.6 Å². The summed E-state index contributed by atoms with van der Waals surface area (Å²) in [6.07, 6.45) is 75.3. The Morgan fingerprint density at radius 1 is 0.450 bits per heavy atom. The lowest BCUT2D eigenvalue weighted by atomic mass is 10.0. The van der Waals surface area contributed by atoms with E-state index in [0.29, 0.717) is 17.4 Å². The number of likely N-dealkylation sites (N-methyl/N-ethyl adjacent to an activating group) is 1. The first-order valence-corrected chi connectivity index (χ1v) is 35.9. The van der Waals surface area contributed by atoms with Crippen molar-refractivity contribution in [2.24, 2.45) is 0 Å². The number of carbonyl (C=O) groups is 2. The standard InChI is InChI=1S/C70H133N2O7P/c1-7-10-13-16-19-22-25-28-30-31-32-33-34-35-36-37-38-39-40-41-43-45-48-51-54-57-60-63-70(74)79-68(61-58-55-52-49-46-27-24-21-18-15-12-9-3)67(66-78-80(75,76)77-65-64-72(4,5)6)71-69(73)62-59-56-53-50-47-44-42-29-26-23-20-17-14-11-8-2/h11,14,17,20,23,26,58,61,67-68H,7-10,12-13,15-16,18-19,21-22,24-25,27-57,59-60,62-66H2,1-6H3,(H-,71,73,75,76)/b14-11+,20-17+,26-23+,61-58-. The van der Waals surface area contributed by atoms with Crippen molar-refractivity contribution >= 4 is 19.7 Å². The average molecular weight is 1150 g/mol. The molecule has 0 aromatic carbocycles. The Morgan fingerprint density at radius 3 is 1.19 bits per heavy atom. The monoisotopic (exact) mass is 1140 g/mol. The topological polar surface area (TPSA) is 114 Å². The van der Waals surface area contributed by atoms with Gasteiger partial charge < -0.3 is 28.5 Å². The van der Waals surface area contributed by atoms with Crippen LogP contribution in [0.2, 0.25) is 0 Å². The number of phosphoric ester groups is 1. The van der Waals surface area contributed by atoms with Crippen molar-refractivity contribution in [2.75, 3.05) is 40.9 Å². The number of nitrogens with zero attached hydrogens (tertiary/aromatic N) is 1. The van der Waals surface area contributed by atoms with Gasteiger partial charge in [-0.05, 0) is 51.0 Å². The summed E-state index contributed by atoms with van der Waals surface area (Å²) in [6, 6.07) is -0.893. The molecule has 1 N–H and O–H groups in total. The molecular formula is C70H133N2O7P. The normalized spacial score (nSPS) is 13.8. The van der Waals surface area contributed by atoms with Gasteiger partial charge in [-0.1, -0.05) is 320 Å². The van der Waals surface area contributed by atoms with Gasteiger partial charge >= 0.3 is 5.97 Å². The molecule has 80 heavy (non-hydrogen) atoms. The van der Waals surface area contributed by atoms with Crippen LogP contribution in [-0.4, -0.2) is 69.4 Å². The quantitative estimate of drug-likeness (QED) is 0.0161. The maximum absolute atomic E-state index is 13.5. The number of esters is 1. The number of unbranched alkanes of at least 4 members (excludes halogenated alkanes) is 43. The molecule has 3 unspecified atom stereocenters. The first kappa shape index (κ1) is 78.0. The second-order valence-corrected chi connectivity index (χ2v) is 26.1. The molecule has 0 saturated carbocycles. The Bertz CT molecular complexity index is 1510. The SMILES string of the molecule is CC/C=C/C=C/C=C/CCCCCCCCCC(=O)NC(COP(=O)([O-])OCC[N+](C)(C)C)C(/C=C\CCCCCCCCCCCC)OC(=O)CCCCCCCCCCCCCCCCCCCCCCCCCCCCC. The van der Waals surface area contributed by atoms with Crippen LogP contribution in [0.25, 0.3) is 0 Å². The van der Waals surface area contributed by atoms with Gasteiger partial charge in [0.25, 0.3) is 7.82 Å². The van der Waals surface area contributed by atoms with Crippen molar-refractivity contribution in [1.82, 2.24) is 5.32 Å². The van der Waals surface area contributed by atoms with Crippen LogP contribution in [0, 0.1) is 0 Å². The van der Waals surface area contributed by atoms with E-state index in [1.807, 2.05) is 33.3 Å². The fourth-order valence-electron chi connectivity index (χ4n) is 10.3. The number of hydrogen-bond acceptors (Lipinski definition) is 7.